The summed E-state index contributed by atoms with van der Waals surface area (Å²) in [4.78, 5) is 0. The predicted octanol–water partition coefficient (Wildman–Crippen LogP) is 4.89. The lowest BCUT2D eigenvalue weighted by Crippen LogP contribution is -2.18. The van der Waals surface area contributed by atoms with Crippen LogP contribution in [0, 0.1) is 5.82 Å². The largest absolute Gasteiger partial charge is 0.376 e. The zero-order chi connectivity index (χ0) is 12.1. The average molecular weight is 298 g/mol. The van der Waals surface area contributed by atoms with Crippen LogP contribution < -0.4 is 5.32 Å². The van der Waals surface area contributed by atoms with Gasteiger partial charge in [0.2, 0.25) is 0 Å². The van der Waals surface area contributed by atoms with Gasteiger partial charge in [0.25, 0.3) is 0 Å². The van der Waals surface area contributed by atoms with Crippen molar-refractivity contribution in [1.29, 1.82) is 0 Å². The number of halogens is 2. The van der Waals surface area contributed by atoms with Crippen molar-refractivity contribution in [3.8, 4) is 0 Å². The van der Waals surface area contributed by atoms with Gasteiger partial charge in [-0.25, -0.2) is 4.39 Å². The van der Waals surface area contributed by atoms with Crippen molar-refractivity contribution in [1.82, 2.24) is 0 Å². The van der Waals surface area contributed by atoms with Crippen LogP contribution in [0.1, 0.15) is 32.1 Å². The third kappa shape index (κ3) is 3.84. The predicted molar refractivity (Wildman–Crippen MR) is 73.7 cm³/mol. The van der Waals surface area contributed by atoms with Gasteiger partial charge in [-0.1, -0.05) is 40.9 Å². The molecule has 0 fully saturated rings. The molecule has 92 valence electrons. The lowest BCUT2D eigenvalue weighted by molar-refractivity contribution is 0.599. The Bertz CT molecular complexity index is 403. The van der Waals surface area contributed by atoms with Crippen LogP contribution in [0.4, 0.5) is 10.1 Å². The summed E-state index contributed by atoms with van der Waals surface area (Å²) in [7, 11) is 0. The van der Waals surface area contributed by atoms with Crippen molar-refractivity contribution in [2.75, 3.05) is 5.32 Å². The van der Waals surface area contributed by atoms with Crippen LogP contribution in [-0.2, 0) is 0 Å². The summed E-state index contributed by atoms with van der Waals surface area (Å²) in [5.41, 5.74) is 0.578. The Labute approximate surface area is 110 Å². The van der Waals surface area contributed by atoms with E-state index in [9.17, 15) is 4.39 Å². The van der Waals surface area contributed by atoms with Crippen LogP contribution in [0.25, 0.3) is 0 Å². The third-order valence-corrected chi connectivity index (χ3v) is 3.52. The molecule has 0 radical (unpaired) electrons. The van der Waals surface area contributed by atoms with Gasteiger partial charge in [0, 0.05) is 10.5 Å². The first-order valence-electron chi connectivity index (χ1n) is 6.14. The highest BCUT2D eigenvalue weighted by Crippen LogP contribution is 2.22. The summed E-state index contributed by atoms with van der Waals surface area (Å²) in [6.07, 6.45) is 10.3. The monoisotopic (exact) mass is 297 g/mol. The van der Waals surface area contributed by atoms with Crippen molar-refractivity contribution < 1.29 is 4.39 Å². The molecule has 0 aliphatic heterocycles. The van der Waals surface area contributed by atoms with Crippen molar-refractivity contribution in [3.63, 3.8) is 0 Å². The summed E-state index contributed by atoms with van der Waals surface area (Å²) in [5, 5.41) is 3.27. The van der Waals surface area contributed by atoms with Gasteiger partial charge in [-0.3, -0.25) is 0 Å². The molecule has 1 atom stereocenters. The van der Waals surface area contributed by atoms with E-state index in [1.54, 1.807) is 12.1 Å². The van der Waals surface area contributed by atoms with Crippen LogP contribution in [0.15, 0.2) is 34.8 Å². The summed E-state index contributed by atoms with van der Waals surface area (Å²) >= 11 is 3.36. The van der Waals surface area contributed by atoms with Gasteiger partial charge in [0.05, 0.1) is 5.69 Å². The maximum Gasteiger partial charge on any atom is 0.146 e. The number of anilines is 1. The summed E-state index contributed by atoms with van der Waals surface area (Å²) < 4.78 is 14.5. The van der Waals surface area contributed by atoms with Crippen molar-refractivity contribution in [3.05, 3.63) is 40.6 Å². The molecule has 17 heavy (non-hydrogen) atoms. The zero-order valence-electron chi connectivity index (χ0n) is 9.76. The van der Waals surface area contributed by atoms with Gasteiger partial charge in [-0.2, -0.15) is 0 Å². The molecule has 0 saturated heterocycles. The number of nitrogens with one attached hydrogen (secondary N) is 1. The van der Waals surface area contributed by atoms with E-state index in [0.717, 1.165) is 17.3 Å². The molecule has 1 nitrogen and oxygen atoms in total. The van der Waals surface area contributed by atoms with Crippen LogP contribution in [0.3, 0.4) is 0 Å². The molecule has 0 saturated carbocycles. The minimum Gasteiger partial charge on any atom is -0.376 e. The molecule has 0 heterocycles. The summed E-state index contributed by atoms with van der Waals surface area (Å²) in [6, 6.07) is 5.24. The van der Waals surface area contributed by atoms with Gasteiger partial charge in [0.1, 0.15) is 5.82 Å². The summed E-state index contributed by atoms with van der Waals surface area (Å²) in [5.74, 6) is -0.191. The molecule has 1 aromatic carbocycles. The van der Waals surface area contributed by atoms with Gasteiger partial charge in [-0.15, -0.1) is 0 Å². The third-order valence-electron chi connectivity index (χ3n) is 3.02. The quantitative estimate of drug-likeness (QED) is 0.767. The first-order valence-corrected chi connectivity index (χ1v) is 6.93. The van der Waals surface area contributed by atoms with E-state index in [1.165, 1.54) is 25.3 Å². The van der Waals surface area contributed by atoms with Crippen LogP contribution in [-0.4, -0.2) is 6.04 Å². The average Bonchev–Trinajstić information content (AvgIpc) is 2.27. The molecule has 2 rings (SSSR count). The maximum absolute atomic E-state index is 13.6. The van der Waals surface area contributed by atoms with E-state index in [2.05, 4.69) is 33.4 Å². The highest BCUT2D eigenvalue weighted by molar-refractivity contribution is 9.10. The molecule has 0 spiro atoms. The Kier molecular flexibility index (Phi) is 4.60. The Hall–Kier alpha value is -0.830. The molecular weight excluding hydrogens is 281 g/mol. The van der Waals surface area contributed by atoms with Gasteiger partial charge in [0.15, 0.2) is 0 Å². The minimum absolute atomic E-state index is 0.191. The number of hydrogen-bond donors (Lipinski definition) is 1. The van der Waals surface area contributed by atoms with Crippen molar-refractivity contribution in [2.45, 2.75) is 38.1 Å². The Morgan fingerprint density at radius 3 is 3.00 bits per heavy atom. The van der Waals surface area contributed by atoms with E-state index < -0.39 is 0 Å². The molecule has 1 N–H and O–H groups in total. The standard InChI is InChI=1S/C14H17BrFN/c15-11-8-9-13(16)14(10-11)17-12-6-4-2-1-3-5-7-12/h4,6,8-10,12,17H,1-3,5,7H2/b6-4+. The SMILES string of the molecule is Fc1ccc(Br)cc1NC1/C=C/CCCCC1. The van der Waals surface area contributed by atoms with E-state index in [0.29, 0.717) is 5.69 Å². The van der Waals surface area contributed by atoms with Crippen LogP contribution in [0.2, 0.25) is 0 Å². The van der Waals surface area contributed by atoms with Crippen LogP contribution >= 0.6 is 15.9 Å². The first-order chi connectivity index (χ1) is 8.25. The number of allylic oxidation sites excluding steroid dienone is 1. The molecule has 3 heteroatoms. The molecular formula is C14H17BrFN. The van der Waals surface area contributed by atoms with E-state index in [4.69, 9.17) is 0 Å². The van der Waals surface area contributed by atoms with Crippen LogP contribution in [0.5, 0.6) is 0 Å². The Balaban J connectivity index is 2.07. The molecule has 0 bridgehead atoms. The second-order valence-electron chi connectivity index (χ2n) is 4.44. The number of hydrogen-bond acceptors (Lipinski definition) is 1. The molecule has 1 aromatic rings. The molecule has 1 unspecified atom stereocenters. The summed E-state index contributed by atoms with van der Waals surface area (Å²) in [6.45, 7) is 0. The van der Waals surface area contributed by atoms with Crippen molar-refractivity contribution in [2.24, 2.45) is 0 Å². The maximum atomic E-state index is 13.6. The first kappa shape index (κ1) is 12.6. The minimum atomic E-state index is -0.191. The Morgan fingerprint density at radius 1 is 1.24 bits per heavy atom. The van der Waals surface area contributed by atoms with E-state index in [1.807, 2.05) is 0 Å². The molecule has 0 amide bonds. The zero-order valence-corrected chi connectivity index (χ0v) is 11.3. The molecule has 1 aliphatic rings. The fourth-order valence-corrected chi connectivity index (χ4v) is 2.45. The molecule has 1 aliphatic carbocycles. The lowest BCUT2D eigenvalue weighted by atomic mass is 10.0. The highest BCUT2D eigenvalue weighted by atomic mass is 79.9. The fourth-order valence-electron chi connectivity index (χ4n) is 2.09. The second kappa shape index (κ2) is 6.20. The Morgan fingerprint density at radius 2 is 2.12 bits per heavy atom. The smallest absolute Gasteiger partial charge is 0.146 e. The van der Waals surface area contributed by atoms with Gasteiger partial charge in [-0.05, 0) is 37.5 Å². The topological polar surface area (TPSA) is 12.0 Å². The molecule has 0 aromatic heterocycles. The van der Waals surface area contributed by atoms with E-state index in [-0.39, 0.29) is 11.9 Å². The highest BCUT2D eigenvalue weighted by Gasteiger charge is 2.09. The number of rotatable bonds is 2. The number of benzene rings is 1. The lowest BCUT2D eigenvalue weighted by Gasteiger charge is -2.18. The fraction of sp³-hybridized carbons (Fsp3) is 0.429. The van der Waals surface area contributed by atoms with Gasteiger partial charge < -0.3 is 5.32 Å². The van der Waals surface area contributed by atoms with Gasteiger partial charge >= 0.3 is 0 Å². The van der Waals surface area contributed by atoms with E-state index >= 15 is 0 Å². The normalized spacial score (nSPS) is 22.6. The second-order valence-corrected chi connectivity index (χ2v) is 5.36. The van der Waals surface area contributed by atoms with Crippen molar-refractivity contribution >= 4 is 21.6 Å².